The highest BCUT2D eigenvalue weighted by Crippen LogP contribution is 2.55. The minimum absolute atomic E-state index is 0.0948. The molecule has 6 rings (SSSR count). The van der Waals surface area contributed by atoms with Crippen LogP contribution < -0.4 is 24.3 Å². The number of phenols is 1. The van der Waals surface area contributed by atoms with E-state index >= 15 is 0 Å². The molecular formula is C29H32N2O8. The molecule has 1 aliphatic carbocycles. The van der Waals surface area contributed by atoms with Gasteiger partial charge < -0.3 is 43.4 Å². The molecule has 0 unspecified atom stereocenters. The predicted molar refractivity (Wildman–Crippen MR) is 139 cm³/mol. The number of hydrogen-bond donors (Lipinski definition) is 2. The van der Waals surface area contributed by atoms with Crippen LogP contribution in [0.3, 0.4) is 0 Å². The summed E-state index contributed by atoms with van der Waals surface area (Å²) >= 11 is 0. The van der Waals surface area contributed by atoms with Crippen molar-refractivity contribution in [2.45, 2.75) is 25.0 Å². The second-order valence-electron chi connectivity index (χ2n) is 10.4. The second-order valence-corrected chi connectivity index (χ2v) is 10.4. The Kier molecular flexibility index (Phi) is 6.52. The maximum atomic E-state index is 13.3. The van der Waals surface area contributed by atoms with Crippen LogP contribution in [-0.2, 0) is 22.6 Å². The van der Waals surface area contributed by atoms with Gasteiger partial charge in [-0.3, -0.25) is 4.79 Å². The molecule has 2 aromatic carbocycles. The van der Waals surface area contributed by atoms with Crippen molar-refractivity contribution in [1.82, 2.24) is 10.2 Å². The first-order valence-electron chi connectivity index (χ1n) is 12.9. The van der Waals surface area contributed by atoms with Crippen LogP contribution in [0.2, 0.25) is 0 Å². The lowest BCUT2D eigenvalue weighted by molar-refractivity contribution is -0.141. The monoisotopic (exact) mass is 536 g/mol. The van der Waals surface area contributed by atoms with Gasteiger partial charge in [-0.15, -0.1) is 0 Å². The SMILES string of the molecule is COc1cc([C@@H]2c3cc4c(cc3[C@@H](NCc3ccc(CN(C)C)o3)[C@H]3COC(=O)[C@H]23)OCO4)cc(OC)c1O. The fourth-order valence-electron chi connectivity index (χ4n) is 6.04. The molecule has 1 aromatic heterocycles. The van der Waals surface area contributed by atoms with E-state index in [0.29, 0.717) is 24.6 Å². The van der Waals surface area contributed by atoms with E-state index in [-0.39, 0.29) is 54.5 Å². The molecule has 3 aromatic rings. The number of fused-ring (bicyclic) bond motifs is 3. The average Bonchev–Trinajstić information content (AvgIpc) is 3.66. The van der Waals surface area contributed by atoms with Gasteiger partial charge in [0.1, 0.15) is 11.5 Å². The Morgan fingerprint density at radius 2 is 1.64 bits per heavy atom. The number of carbonyl (C=O) groups is 1. The maximum Gasteiger partial charge on any atom is 0.310 e. The third-order valence-electron chi connectivity index (χ3n) is 7.73. The third-order valence-corrected chi connectivity index (χ3v) is 7.73. The zero-order valence-corrected chi connectivity index (χ0v) is 22.4. The van der Waals surface area contributed by atoms with Gasteiger partial charge in [-0.05, 0) is 67.2 Å². The van der Waals surface area contributed by atoms with Crippen LogP contribution >= 0.6 is 0 Å². The molecule has 2 aliphatic heterocycles. The molecule has 10 nitrogen and oxygen atoms in total. The summed E-state index contributed by atoms with van der Waals surface area (Å²) in [4.78, 5) is 15.3. The van der Waals surface area contributed by atoms with Gasteiger partial charge in [0, 0.05) is 17.9 Å². The first-order valence-corrected chi connectivity index (χ1v) is 12.9. The Morgan fingerprint density at radius 3 is 2.31 bits per heavy atom. The maximum absolute atomic E-state index is 13.3. The third kappa shape index (κ3) is 4.43. The zero-order valence-electron chi connectivity index (χ0n) is 22.4. The number of carbonyl (C=O) groups excluding carboxylic acids is 1. The smallest absolute Gasteiger partial charge is 0.310 e. The molecule has 0 bridgehead atoms. The lowest BCUT2D eigenvalue weighted by Gasteiger charge is -2.39. The van der Waals surface area contributed by atoms with Crippen LogP contribution in [-0.4, -0.2) is 57.7 Å². The highest BCUT2D eigenvalue weighted by molar-refractivity contribution is 5.79. The van der Waals surface area contributed by atoms with Gasteiger partial charge in [0.05, 0.1) is 39.8 Å². The van der Waals surface area contributed by atoms with Crippen molar-refractivity contribution < 1.29 is 38.0 Å². The summed E-state index contributed by atoms with van der Waals surface area (Å²) in [5.74, 6) is 2.14. The van der Waals surface area contributed by atoms with E-state index in [1.165, 1.54) is 14.2 Å². The molecule has 0 radical (unpaired) electrons. The minimum atomic E-state index is -0.477. The average molecular weight is 537 g/mol. The topological polar surface area (TPSA) is 112 Å². The predicted octanol–water partition coefficient (Wildman–Crippen LogP) is 3.56. The van der Waals surface area contributed by atoms with Gasteiger partial charge in [0.15, 0.2) is 23.0 Å². The van der Waals surface area contributed by atoms with E-state index in [4.69, 9.17) is 28.1 Å². The van der Waals surface area contributed by atoms with Crippen molar-refractivity contribution in [2.24, 2.45) is 11.8 Å². The molecule has 2 N–H and O–H groups in total. The molecule has 1 fully saturated rings. The van der Waals surface area contributed by atoms with Gasteiger partial charge in [0.25, 0.3) is 0 Å². The molecule has 39 heavy (non-hydrogen) atoms. The van der Waals surface area contributed by atoms with Crippen molar-refractivity contribution >= 4 is 5.97 Å². The number of ether oxygens (including phenoxy) is 5. The lowest BCUT2D eigenvalue weighted by Crippen LogP contribution is -2.40. The van der Waals surface area contributed by atoms with Gasteiger partial charge in [-0.1, -0.05) is 0 Å². The van der Waals surface area contributed by atoms with Gasteiger partial charge >= 0.3 is 5.97 Å². The number of cyclic esters (lactones) is 1. The molecule has 10 heteroatoms. The van der Waals surface area contributed by atoms with E-state index < -0.39 is 5.92 Å². The number of esters is 1. The fraction of sp³-hybridized carbons (Fsp3) is 0.414. The normalized spacial score (nSPS) is 22.9. The standard InChI is InChI=1S/C29H32N2O8/c1-31(2)12-17-6-5-16(39-17)11-30-27-19-10-22-21(37-14-38-22)9-18(19)25(26-20(27)13-36-29(26)33)15-7-23(34-3)28(32)24(8-15)35-4/h5-10,20,25-27,30,32H,11-14H2,1-4H3/t20-,25+,26-,27+/m0/s1. The molecule has 4 atom stereocenters. The number of furan rings is 1. The Morgan fingerprint density at radius 1 is 0.974 bits per heavy atom. The molecule has 0 amide bonds. The van der Waals surface area contributed by atoms with E-state index in [1.807, 2.05) is 38.4 Å². The van der Waals surface area contributed by atoms with Crippen molar-refractivity contribution in [3.8, 4) is 28.7 Å². The lowest BCUT2D eigenvalue weighted by atomic mass is 9.65. The molecule has 3 heterocycles. The number of nitrogens with zero attached hydrogens (tertiary/aromatic N) is 1. The fourth-order valence-corrected chi connectivity index (χ4v) is 6.04. The van der Waals surface area contributed by atoms with E-state index in [2.05, 4.69) is 10.2 Å². The van der Waals surface area contributed by atoms with Crippen LogP contribution in [0.5, 0.6) is 28.7 Å². The first-order chi connectivity index (χ1) is 18.9. The summed E-state index contributed by atoms with van der Waals surface area (Å²) in [7, 11) is 6.96. The number of methoxy groups -OCH3 is 2. The Balaban J connectivity index is 1.43. The largest absolute Gasteiger partial charge is 0.502 e. The molecule has 1 saturated heterocycles. The van der Waals surface area contributed by atoms with Crippen LogP contribution in [0.4, 0.5) is 0 Å². The summed E-state index contributed by atoms with van der Waals surface area (Å²) in [5.41, 5.74) is 2.68. The molecule has 0 saturated carbocycles. The Labute approximate surface area is 226 Å². The highest BCUT2D eigenvalue weighted by Gasteiger charge is 2.52. The highest BCUT2D eigenvalue weighted by atomic mass is 16.7. The molecule has 206 valence electrons. The van der Waals surface area contributed by atoms with Crippen LogP contribution in [0.15, 0.2) is 40.8 Å². The van der Waals surface area contributed by atoms with Crippen molar-refractivity contribution in [2.75, 3.05) is 41.7 Å². The van der Waals surface area contributed by atoms with Gasteiger partial charge in [-0.25, -0.2) is 0 Å². The summed E-state index contributed by atoms with van der Waals surface area (Å²) in [6.45, 7) is 1.61. The van der Waals surface area contributed by atoms with Gasteiger partial charge in [-0.2, -0.15) is 0 Å². The number of hydrogen-bond acceptors (Lipinski definition) is 10. The summed E-state index contributed by atoms with van der Waals surface area (Å²) in [5, 5.41) is 14.2. The van der Waals surface area contributed by atoms with E-state index in [1.54, 1.807) is 12.1 Å². The van der Waals surface area contributed by atoms with E-state index in [9.17, 15) is 9.90 Å². The van der Waals surface area contributed by atoms with Crippen LogP contribution in [0, 0.1) is 11.8 Å². The number of aromatic hydroxyl groups is 1. The van der Waals surface area contributed by atoms with Crippen molar-refractivity contribution in [3.63, 3.8) is 0 Å². The molecular weight excluding hydrogens is 504 g/mol. The first kappa shape index (κ1) is 25.4. The summed E-state index contributed by atoms with van der Waals surface area (Å²) in [6, 6.07) is 11.2. The quantitative estimate of drug-likeness (QED) is 0.415. The Bertz CT molecular complexity index is 1370. The van der Waals surface area contributed by atoms with Gasteiger partial charge in [0.2, 0.25) is 12.5 Å². The van der Waals surface area contributed by atoms with Crippen molar-refractivity contribution in [1.29, 1.82) is 0 Å². The summed E-state index contributed by atoms with van der Waals surface area (Å²) in [6.07, 6.45) is 0. The molecule has 3 aliphatic rings. The van der Waals surface area contributed by atoms with Crippen LogP contribution in [0.1, 0.15) is 40.2 Å². The number of rotatable bonds is 8. The number of phenolic OH excluding ortho intramolecular Hbond substituents is 1. The number of nitrogens with one attached hydrogen (secondary N) is 1. The van der Waals surface area contributed by atoms with E-state index in [0.717, 1.165) is 28.2 Å². The summed E-state index contributed by atoms with van der Waals surface area (Å²) < 4.78 is 34.0. The molecule has 0 spiro atoms. The Hall–Kier alpha value is -3.89. The zero-order chi connectivity index (χ0) is 27.3. The van der Waals surface area contributed by atoms with Crippen molar-refractivity contribution in [3.05, 3.63) is 64.6 Å². The minimum Gasteiger partial charge on any atom is -0.502 e. The second kappa shape index (κ2) is 10.0. The number of benzene rings is 2. The van der Waals surface area contributed by atoms with Crippen LogP contribution in [0.25, 0.3) is 0 Å².